The van der Waals surface area contributed by atoms with Crippen molar-refractivity contribution >= 4 is 11.9 Å². The number of carbonyl (C=O) groups excluding carboxylic acids is 1. The molecule has 1 aromatic rings. The maximum Gasteiger partial charge on any atom is 0.307 e. The van der Waals surface area contributed by atoms with E-state index in [1.807, 2.05) is 42.5 Å². The molecule has 116 valence electrons. The Hall–Kier alpha value is -2.10. The Morgan fingerprint density at radius 3 is 2.27 bits per heavy atom. The molecule has 4 atom stereocenters. The summed E-state index contributed by atoms with van der Waals surface area (Å²) in [6.07, 6.45) is 6.59. The summed E-state index contributed by atoms with van der Waals surface area (Å²) in [7, 11) is 0. The molecular weight excluding hydrogens is 278 g/mol. The van der Waals surface area contributed by atoms with Crippen molar-refractivity contribution in [2.24, 2.45) is 23.7 Å². The van der Waals surface area contributed by atoms with Crippen molar-refractivity contribution in [2.45, 2.75) is 19.3 Å². The van der Waals surface area contributed by atoms with Crippen LogP contribution in [0.4, 0.5) is 0 Å². The van der Waals surface area contributed by atoms with Gasteiger partial charge >= 0.3 is 5.97 Å². The minimum Gasteiger partial charge on any atom is -0.481 e. The number of amides is 1. The Morgan fingerprint density at radius 1 is 1.05 bits per heavy atom. The molecule has 4 rings (SSSR count). The van der Waals surface area contributed by atoms with Crippen LogP contribution in [-0.2, 0) is 16.0 Å². The average Bonchev–Trinajstić information content (AvgIpc) is 2.55. The van der Waals surface area contributed by atoms with Crippen molar-refractivity contribution in [2.75, 3.05) is 6.54 Å². The van der Waals surface area contributed by atoms with E-state index in [0.29, 0.717) is 6.54 Å². The van der Waals surface area contributed by atoms with Crippen molar-refractivity contribution in [3.63, 3.8) is 0 Å². The van der Waals surface area contributed by atoms with E-state index < -0.39 is 17.8 Å². The number of carboxylic acid groups (broad SMARTS) is 1. The molecule has 0 saturated heterocycles. The highest BCUT2D eigenvalue weighted by atomic mass is 16.4. The number of benzene rings is 1. The van der Waals surface area contributed by atoms with Crippen LogP contribution in [0, 0.1) is 23.7 Å². The van der Waals surface area contributed by atoms with Gasteiger partial charge in [-0.3, -0.25) is 9.59 Å². The van der Waals surface area contributed by atoms with Crippen LogP contribution in [0.2, 0.25) is 0 Å². The summed E-state index contributed by atoms with van der Waals surface area (Å²) in [4.78, 5) is 24.0. The fraction of sp³-hybridized carbons (Fsp3) is 0.444. The van der Waals surface area contributed by atoms with E-state index in [2.05, 4.69) is 5.32 Å². The fourth-order valence-corrected chi connectivity index (χ4v) is 3.78. The van der Waals surface area contributed by atoms with Gasteiger partial charge in [-0.15, -0.1) is 0 Å². The second-order valence-electron chi connectivity index (χ2n) is 6.21. The lowest BCUT2D eigenvalue weighted by Gasteiger charge is -2.41. The molecule has 1 aromatic carbocycles. The number of rotatable bonds is 5. The standard InChI is InChI=1S/C18H21NO3/c20-17(19-11-10-12-4-2-1-3-5-12)15-13-6-8-14(9-7-13)16(15)18(21)22/h1-6,8,13-16H,7,9-11H2,(H,19,20)(H,21,22)/t13-,14-,15-,16+/m1/s1. The van der Waals surface area contributed by atoms with Crippen molar-refractivity contribution in [3.8, 4) is 0 Å². The van der Waals surface area contributed by atoms with Crippen LogP contribution >= 0.6 is 0 Å². The molecule has 0 unspecified atom stereocenters. The van der Waals surface area contributed by atoms with Crippen molar-refractivity contribution in [1.29, 1.82) is 0 Å². The maximum absolute atomic E-state index is 12.5. The Balaban J connectivity index is 1.61. The van der Waals surface area contributed by atoms with Crippen molar-refractivity contribution in [1.82, 2.24) is 5.32 Å². The smallest absolute Gasteiger partial charge is 0.307 e. The zero-order chi connectivity index (χ0) is 15.5. The van der Waals surface area contributed by atoms with Gasteiger partial charge in [0.15, 0.2) is 0 Å². The summed E-state index contributed by atoms with van der Waals surface area (Å²) >= 11 is 0. The molecule has 2 N–H and O–H groups in total. The summed E-state index contributed by atoms with van der Waals surface area (Å²) in [5, 5.41) is 12.4. The summed E-state index contributed by atoms with van der Waals surface area (Å²) in [6.45, 7) is 0.548. The monoisotopic (exact) mass is 299 g/mol. The first kappa shape index (κ1) is 14.8. The van der Waals surface area contributed by atoms with E-state index in [1.54, 1.807) is 0 Å². The number of hydrogen-bond acceptors (Lipinski definition) is 2. The number of carbonyl (C=O) groups is 2. The van der Waals surface area contributed by atoms with Crippen LogP contribution in [0.3, 0.4) is 0 Å². The topological polar surface area (TPSA) is 66.4 Å². The lowest BCUT2D eigenvalue weighted by atomic mass is 9.62. The predicted molar refractivity (Wildman–Crippen MR) is 83.1 cm³/mol. The second kappa shape index (κ2) is 6.34. The number of carboxylic acids is 1. The number of hydrogen-bond donors (Lipinski definition) is 2. The SMILES string of the molecule is O=C(O)[C@@H]1[C@H](C(=O)NCCc2ccccc2)[C@@H]2C=C[C@@H]1CC2. The van der Waals surface area contributed by atoms with Gasteiger partial charge in [-0.1, -0.05) is 42.5 Å². The minimum atomic E-state index is -0.845. The molecule has 2 bridgehead atoms. The molecule has 1 amide bonds. The van der Waals surface area contributed by atoms with Crippen molar-refractivity contribution < 1.29 is 14.7 Å². The van der Waals surface area contributed by atoms with Crippen LogP contribution in [0.5, 0.6) is 0 Å². The van der Waals surface area contributed by atoms with Gasteiger partial charge in [0.1, 0.15) is 0 Å². The molecule has 0 spiro atoms. The van der Waals surface area contributed by atoms with E-state index in [-0.39, 0.29) is 17.7 Å². The number of allylic oxidation sites excluding steroid dienone is 2. The maximum atomic E-state index is 12.5. The first-order chi connectivity index (χ1) is 10.7. The average molecular weight is 299 g/mol. The molecule has 4 heteroatoms. The number of aliphatic carboxylic acids is 1. The lowest BCUT2D eigenvalue weighted by molar-refractivity contribution is -0.152. The lowest BCUT2D eigenvalue weighted by Crippen LogP contribution is -2.49. The van der Waals surface area contributed by atoms with E-state index in [9.17, 15) is 14.7 Å². The number of nitrogens with one attached hydrogen (secondary N) is 1. The van der Waals surface area contributed by atoms with Crippen LogP contribution in [0.1, 0.15) is 18.4 Å². The molecule has 22 heavy (non-hydrogen) atoms. The zero-order valence-electron chi connectivity index (χ0n) is 12.4. The van der Waals surface area contributed by atoms with Crippen molar-refractivity contribution in [3.05, 3.63) is 48.0 Å². The molecule has 1 fully saturated rings. The van der Waals surface area contributed by atoms with E-state index >= 15 is 0 Å². The molecule has 0 radical (unpaired) electrons. The number of fused-ring (bicyclic) bond motifs is 2. The Kier molecular flexibility index (Phi) is 4.27. The zero-order valence-corrected chi connectivity index (χ0v) is 12.4. The largest absolute Gasteiger partial charge is 0.481 e. The fourth-order valence-electron chi connectivity index (χ4n) is 3.78. The molecule has 4 nitrogen and oxygen atoms in total. The third kappa shape index (κ3) is 2.91. The highest BCUT2D eigenvalue weighted by Crippen LogP contribution is 2.44. The summed E-state index contributed by atoms with van der Waals surface area (Å²) in [6, 6.07) is 9.96. The molecule has 3 aliphatic rings. The van der Waals surface area contributed by atoms with Crippen LogP contribution < -0.4 is 5.32 Å². The molecule has 3 aliphatic carbocycles. The van der Waals surface area contributed by atoms with Crippen LogP contribution in [-0.4, -0.2) is 23.5 Å². The van der Waals surface area contributed by atoms with E-state index in [1.165, 1.54) is 5.56 Å². The summed E-state index contributed by atoms with van der Waals surface area (Å²) in [5.74, 6) is -1.86. The minimum absolute atomic E-state index is 0.00683. The molecular formula is C18H21NO3. The third-order valence-corrected chi connectivity index (χ3v) is 4.89. The Bertz CT molecular complexity index is 581. The molecule has 0 heterocycles. The molecule has 0 aliphatic heterocycles. The molecule has 0 aromatic heterocycles. The van der Waals surface area contributed by atoms with Gasteiger partial charge in [0.05, 0.1) is 11.8 Å². The van der Waals surface area contributed by atoms with E-state index in [0.717, 1.165) is 19.3 Å². The summed E-state index contributed by atoms with van der Waals surface area (Å²) < 4.78 is 0. The van der Waals surface area contributed by atoms with Crippen LogP contribution in [0.15, 0.2) is 42.5 Å². The first-order valence-corrected chi connectivity index (χ1v) is 7.89. The Morgan fingerprint density at radius 2 is 1.68 bits per heavy atom. The van der Waals surface area contributed by atoms with Gasteiger partial charge in [-0.2, -0.15) is 0 Å². The quantitative estimate of drug-likeness (QED) is 0.820. The highest BCUT2D eigenvalue weighted by molar-refractivity contribution is 5.86. The van der Waals surface area contributed by atoms with Gasteiger partial charge in [-0.05, 0) is 36.7 Å². The van der Waals surface area contributed by atoms with E-state index in [4.69, 9.17) is 0 Å². The summed E-state index contributed by atoms with van der Waals surface area (Å²) in [5.41, 5.74) is 1.17. The van der Waals surface area contributed by atoms with Gasteiger partial charge in [0.25, 0.3) is 0 Å². The Labute approximate surface area is 130 Å². The van der Waals surface area contributed by atoms with Gasteiger partial charge < -0.3 is 10.4 Å². The van der Waals surface area contributed by atoms with Gasteiger partial charge in [0, 0.05) is 6.54 Å². The first-order valence-electron chi connectivity index (χ1n) is 7.89. The third-order valence-electron chi connectivity index (χ3n) is 4.89. The normalized spacial score (nSPS) is 29.3. The van der Waals surface area contributed by atoms with Crippen LogP contribution in [0.25, 0.3) is 0 Å². The highest BCUT2D eigenvalue weighted by Gasteiger charge is 2.47. The predicted octanol–water partition coefficient (Wildman–Crippen LogP) is 2.26. The molecule has 1 saturated carbocycles. The van der Waals surface area contributed by atoms with Gasteiger partial charge in [0.2, 0.25) is 5.91 Å². The van der Waals surface area contributed by atoms with Gasteiger partial charge in [-0.25, -0.2) is 0 Å². The second-order valence-corrected chi connectivity index (χ2v) is 6.21.